The Morgan fingerprint density at radius 1 is 1.28 bits per heavy atom. The molecule has 1 aliphatic heterocycles. The number of fused-ring (bicyclic) bond motifs is 1. The summed E-state index contributed by atoms with van der Waals surface area (Å²) in [7, 11) is 0. The van der Waals surface area contributed by atoms with E-state index in [1.54, 1.807) is 0 Å². The van der Waals surface area contributed by atoms with Gasteiger partial charge in [0.25, 0.3) is 5.69 Å². The van der Waals surface area contributed by atoms with E-state index in [2.05, 4.69) is 0 Å². The number of nitrogens with zero attached hydrogens (tertiary/aromatic N) is 1. The maximum Gasteiger partial charge on any atom is 0.344 e. The fraction of sp³-hybridized carbons (Fsp3) is 0.188. The first-order valence-corrected chi connectivity index (χ1v) is 7.09. The Kier molecular flexibility index (Phi) is 4.57. The summed E-state index contributed by atoms with van der Waals surface area (Å²) in [4.78, 5) is 22.3. The van der Waals surface area contributed by atoms with Crippen molar-refractivity contribution in [1.29, 1.82) is 0 Å². The predicted octanol–water partition coefficient (Wildman–Crippen LogP) is 3.10. The van der Waals surface area contributed by atoms with Gasteiger partial charge in [0.15, 0.2) is 6.79 Å². The van der Waals surface area contributed by atoms with E-state index in [0.717, 1.165) is 18.2 Å². The van der Waals surface area contributed by atoms with Gasteiger partial charge in [0.05, 0.1) is 11.5 Å². The van der Waals surface area contributed by atoms with Crippen molar-refractivity contribution in [3.8, 4) is 5.75 Å². The largest absolute Gasteiger partial charge is 0.467 e. The Balaban J connectivity index is 1.86. The fourth-order valence-corrected chi connectivity index (χ4v) is 2.40. The van der Waals surface area contributed by atoms with Gasteiger partial charge in [-0.05, 0) is 12.1 Å². The summed E-state index contributed by atoms with van der Waals surface area (Å²) >= 11 is 0. The minimum atomic E-state index is -1.22. The van der Waals surface area contributed by atoms with E-state index in [0.29, 0.717) is 11.3 Å². The van der Waals surface area contributed by atoms with Crippen LogP contribution in [-0.2, 0) is 22.7 Å². The van der Waals surface area contributed by atoms with Crippen LogP contribution in [0.25, 0.3) is 0 Å². The summed E-state index contributed by atoms with van der Waals surface area (Å²) in [6, 6.07) is 5.43. The van der Waals surface area contributed by atoms with Crippen molar-refractivity contribution >= 4 is 11.7 Å². The topological polar surface area (TPSA) is 87.9 Å². The molecule has 0 amide bonds. The van der Waals surface area contributed by atoms with Crippen LogP contribution in [0.4, 0.5) is 14.5 Å². The van der Waals surface area contributed by atoms with Crippen molar-refractivity contribution in [2.24, 2.45) is 0 Å². The summed E-state index contributed by atoms with van der Waals surface area (Å²) < 4.78 is 42.5. The number of hydrogen-bond donors (Lipinski definition) is 0. The molecule has 0 bridgehead atoms. The Morgan fingerprint density at radius 2 is 2.00 bits per heavy atom. The van der Waals surface area contributed by atoms with Crippen LogP contribution >= 0.6 is 0 Å². The highest BCUT2D eigenvalue weighted by atomic mass is 19.1. The number of benzene rings is 2. The van der Waals surface area contributed by atoms with Gasteiger partial charge in [0, 0.05) is 23.3 Å². The first kappa shape index (κ1) is 16.8. The van der Waals surface area contributed by atoms with E-state index in [1.165, 1.54) is 12.1 Å². The molecule has 1 heterocycles. The van der Waals surface area contributed by atoms with E-state index >= 15 is 0 Å². The van der Waals surface area contributed by atoms with Crippen LogP contribution in [0.5, 0.6) is 5.75 Å². The summed E-state index contributed by atoms with van der Waals surface area (Å²) in [6.07, 6.45) is 0. The minimum Gasteiger partial charge on any atom is -0.467 e. The number of nitro groups is 1. The van der Waals surface area contributed by atoms with Gasteiger partial charge in [0.2, 0.25) is 0 Å². The molecule has 0 aliphatic carbocycles. The molecule has 2 aromatic rings. The van der Waals surface area contributed by atoms with Crippen LogP contribution < -0.4 is 4.74 Å². The minimum absolute atomic E-state index is 0.0618. The van der Waals surface area contributed by atoms with Crippen molar-refractivity contribution in [3.05, 3.63) is 68.8 Å². The zero-order valence-electron chi connectivity index (χ0n) is 12.7. The van der Waals surface area contributed by atoms with Crippen molar-refractivity contribution in [2.45, 2.75) is 13.2 Å². The zero-order valence-corrected chi connectivity index (χ0v) is 12.7. The van der Waals surface area contributed by atoms with Gasteiger partial charge in [-0.25, -0.2) is 13.6 Å². The number of halogens is 2. The van der Waals surface area contributed by atoms with Gasteiger partial charge in [-0.3, -0.25) is 10.1 Å². The highest BCUT2D eigenvalue weighted by Crippen LogP contribution is 2.33. The zero-order chi connectivity index (χ0) is 18.0. The van der Waals surface area contributed by atoms with E-state index in [-0.39, 0.29) is 24.7 Å². The average molecular weight is 351 g/mol. The van der Waals surface area contributed by atoms with Crippen molar-refractivity contribution < 1.29 is 32.7 Å². The molecule has 0 aromatic heterocycles. The van der Waals surface area contributed by atoms with Gasteiger partial charge in [-0.2, -0.15) is 0 Å². The van der Waals surface area contributed by atoms with Crippen LogP contribution in [0.2, 0.25) is 0 Å². The molecule has 0 N–H and O–H groups in total. The lowest BCUT2D eigenvalue weighted by Gasteiger charge is -2.20. The third-order valence-electron chi connectivity index (χ3n) is 3.51. The van der Waals surface area contributed by atoms with Gasteiger partial charge >= 0.3 is 5.97 Å². The van der Waals surface area contributed by atoms with Crippen molar-refractivity contribution in [1.82, 2.24) is 0 Å². The molecule has 25 heavy (non-hydrogen) atoms. The molecule has 0 spiro atoms. The Bertz CT molecular complexity index is 835. The van der Waals surface area contributed by atoms with E-state index in [4.69, 9.17) is 14.2 Å². The highest BCUT2D eigenvalue weighted by molar-refractivity contribution is 5.90. The number of carbonyl (C=O) groups is 1. The van der Waals surface area contributed by atoms with E-state index in [1.807, 2.05) is 0 Å². The number of carbonyl (C=O) groups excluding carboxylic acids is 1. The molecule has 0 saturated heterocycles. The first-order chi connectivity index (χ1) is 12.0. The predicted molar refractivity (Wildman–Crippen MR) is 78.9 cm³/mol. The molecule has 0 saturated carbocycles. The molecule has 0 atom stereocenters. The van der Waals surface area contributed by atoms with Crippen molar-refractivity contribution in [3.63, 3.8) is 0 Å². The lowest BCUT2D eigenvalue weighted by molar-refractivity contribution is -0.385. The highest BCUT2D eigenvalue weighted by Gasteiger charge is 2.23. The number of nitro benzene ring substituents is 1. The maximum absolute atomic E-state index is 13.6. The number of esters is 1. The van der Waals surface area contributed by atoms with E-state index < -0.39 is 34.7 Å². The molecule has 1 aliphatic rings. The second kappa shape index (κ2) is 6.81. The monoisotopic (exact) mass is 351 g/mol. The number of ether oxygens (including phenoxy) is 3. The Labute approximate surface area is 139 Å². The molecule has 0 fully saturated rings. The third-order valence-corrected chi connectivity index (χ3v) is 3.51. The molecule has 0 radical (unpaired) electrons. The quantitative estimate of drug-likeness (QED) is 0.478. The lowest BCUT2D eigenvalue weighted by atomic mass is 10.1. The van der Waals surface area contributed by atoms with Crippen molar-refractivity contribution in [2.75, 3.05) is 6.79 Å². The molecular weight excluding hydrogens is 340 g/mol. The fourth-order valence-electron chi connectivity index (χ4n) is 2.40. The smallest absolute Gasteiger partial charge is 0.344 e. The van der Waals surface area contributed by atoms with Gasteiger partial charge < -0.3 is 14.2 Å². The summed E-state index contributed by atoms with van der Waals surface area (Å²) in [5.74, 6) is -3.05. The number of non-ortho nitro benzene ring substituents is 1. The van der Waals surface area contributed by atoms with Crippen LogP contribution in [0.15, 0.2) is 30.3 Å². The number of rotatable bonds is 4. The molecule has 3 rings (SSSR count). The number of hydrogen-bond acceptors (Lipinski definition) is 6. The molecular formula is C16H11F2NO6. The van der Waals surface area contributed by atoms with Crippen LogP contribution in [0, 0.1) is 21.7 Å². The van der Waals surface area contributed by atoms with E-state index in [9.17, 15) is 23.7 Å². The molecule has 130 valence electrons. The van der Waals surface area contributed by atoms with Crippen LogP contribution in [-0.4, -0.2) is 17.7 Å². The Morgan fingerprint density at radius 3 is 2.68 bits per heavy atom. The summed E-state index contributed by atoms with van der Waals surface area (Å²) in [5, 5.41) is 11.0. The normalized spacial score (nSPS) is 12.9. The average Bonchev–Trinajstić information content (AvgIpc) is 2.59. The van der Waals surface area contributed by atoms with Gasteiger partial charge in [-0.1, -0.05) is 6.07 Å². The molecule has 7 nitrogen and oxygen atoms in total. The van der Waals surface area contributed by atoms with Crippen LogP contribution in [0.1, 0.15) is 21.5 Å². The van der Waals surface area contributed by atoms with Crippen LogP contribution in [0.3, 0.4) is 0 Å². The lowest BCUT2D eigenvalue weighted by Crippen LogP contribution is -2.15. The summed E-state index contributed by atoms with van der Waals surface area (Å²) in [5.41, 5.74) is -0.441. The first-order valence-electron chi connectivity index (χ1n) is 7.09. The van der Waals surface area contributed by atoms with Gasteiger partial charge in [-0.15, -0.1) is 0 Å². The molecule has 2 aromatic carbocycles. The standard InChI is InChI=1S/C16H11F2NO6/c17-12-2-1-3-13(18)14(12)16(20)24-7-10-5-11(19(21)22)4-9-6-23-8-25-15(9)10/h1-5H,6-8H2. The second-order valence-electron chi connectivity index (χ2n) is 5.13. The molecule has 9 heteroatoms. The maximum atomic E-state index is 13.6. The SMILES string of the molecule is O=C(OCc1cc([N+](=O)[O-])cc2c1OCOC2)c1c(F)cccc1F. The summed E-state index contributed by atoms with van der Waals surface area (Å²) in [6.45, 7) is -0.412. The third kappa shape index (κ3) is 3.41. The molecule has 0 unspecified atom stereocenters. The van der Waals surface area contributed by atoms with Gasteiger partial charge in [0.1, 0.15) is 29.6 Å². The second-order valence-corrected chi connectivity index (χ2v) is 5.13. The Hall–Kier alpha value is -3.07.